The number of amides is 1. The van der Waals surface area contributed by atoms with Crippen LogP contribution in [0.1, 0.15) is 30.8 Å². The molecule has 1 amide bonds. The van der Waals surface area contributed by atoms with Crippen molar-refractivity contribution in [3.8, 4) is 5.75 Å². The lowest BCUT2D eigenvalue weighted by Crippen LogP contribution is -2.30. The second kappa shape index (κ2) is 6.79. The van der Waals surface area contributed by atoms with Gasteiger partial charge in [0.15, 0.2) is 6.61 Å². The Morgan fingerprint density at radius 1 is 1.30 bits per heavy atom. The van der Waals surface area contributed by atoms with Crippen molar-refractivity contribution in [1.82, 2.24) is 4.90 Å². The highest BCUT2D eigenvalue weighted by Gasteiger charge is 2.36. The van der Waals surface area contributed by atoms with Gasteiger partial charge in [0.05, 0.1) is 6.54 Å². The van der Waals surface area contributed by atoms with Crippen molar-refractivity contribution >= 4 is 21.8 Å². The zero-order valence-corrected chi connectivity index (χ0v) is 14.9. The van der Waals surface area contributed by atoms with Crippen LogP contribution in [0.15, 0.2) is 45.3 Å². The number of furan rings is 1. The summed E-state index contributed by atoms with van der Waals surface area (Å²) in [4.78, 5) is 13.8. The van der Waals surface area contributed by atoms with Gasteiger partial charge in [-0.25, -0.2) is 0 Å². The molecule has 1 aliphatic carbocycles. The van der Waals surface area contributed by atoms with E-state index >= 15 is 0 Å². The van der Waals surface area contributed by atoms with Crippen LogP contribution in [-0.4, -0.2) is 24.5 Å². The third-order valence-corrected chi connectivity index (χ3v) is 4.68. The van der Waals surface area contributed by atoms with Gasteiger partial charge in [0.2, 0.25) is 0 Å². The van der Waals surface area contributed by atoms with Gasteiger partial charge in [-0.15, -0.1) is 0 Å². The summed E-state index contributed by atoms with van der Waals surface area (Å²) in [6.07, 6.45) is 1.20. The van der Waals surface area contributed by atoms with Crippen LogP contribution in [-0.2, 0) is 11.3 Å². The Morgan fingerprint density at radius 3 is 2.65 bits per heavy atom. The molecule has 0 saturated heterocycles. The number of carbonyl (C=O) groups excluding carboxylic acids is 1. The standard InChI is InChI=1S/C18H20BrNO3/c1-12-9-16(12)17-8-7-15(23-17)10-20(2)18(21)11-22-14-5-3-13(19)4-6-14/h3-8,12,16H,9-11H2,1-2H3/t12-,16-/m1/s1. The van der Waals surface area contributed by atoms with E-state index in [2.05, 4.69) is 22.9 Å². The summed E-state index contributed by atoms with van der Waals surface area (Å²) in [5, 5.41) is 0. The molecule has 0 radical (unpaired) electrons. The maximum Gasteiger partial charge on any atom is 0.260 e. The molecule has 0 N–H and O–H groups in total. The van der Waals surface area contributed by atoms with Crippen LogP contribution in [0.2, 0.25) is 0 Å². The summed E-state index contributed by atoms with van der Waals surface area (Å²) in [6, 6.07) is 11.4. The highest BCUT2D eigenvalue weighted by atomic mass is 79.9. The largest absolute Gasteiger partial charge is 0.484 e. The summed E-state index contributed by atoms with van der Waals surface area (Å²) in [7, 11) is 1.76. The number of nitrogens with zero attached hydrogens (tertiary/aromatic N) is 1. The van der Waals surface area contributed by atoms with Gasteiger partial charge in [0, 0.05) is 17.4 Å². The van der Waals surface area contributed by atoms with Crippen LogP contribution in [0.5, 0.6) is 5.75 Å². The molecule has 2 aromatic rings. The highest BCUT2D eigenvalue weighted by Crippen LogP contribution is 2.47. The molecule has 3 rings (SSSR count). The molecule has 0 spiro atoms. The summed E-state index contributed by atoms with van der Waals surface area (Å²) in [5.74, 6) is 3.74. The maximum absolute atomic E-state index is 12.1. The quantitative estimate of drug-likeness (QED) is 0.757. The van der Waals surface area contributed by atoms with E-state index in [1.54, 1.807) is 11.9 Å². The first-order valence-electron chi connectivity index (χ1n) is 7.74. The molecule has 1 aliphatic rings. The zero-order chi connectivity index (χ0) is 16.4. The average Bonchev–Trinajstić information content (AvgIpc) is 3.08. The number of carbonyl (C=O) groups is 1. The molecule has 5 heteroatoms. The molecule has 1 saturated carbocycles. The van der Waals surface area contributed by atoms with E-state index in [-0.39, 0.29) is 12.5 Å². The summed E-state index contributed by atoms with van der Waals surface area (Å²) >= 11 is 3.36. The minimum atomic E-state index is -0.0781. The first-order valence-corrected chi connectivity index (χ1v) is 8.53. The average molecular weight is 378 g/mol. The second-order valence-corrected chi connectivity index (χ2v) is 7.03. The number of hydrogen-bond acceptors (Lipinski definition) is 3. The Labute approximate surface area is 144 Å². The van der Waals surface area contributed by atoms with Crippen molar-refractivity contribution in [1.29, 1.82) is 0 Å². The lowest BCUT2D eigenvalue weighted by Gasteiger charge is -2.16. The molecule has 4 nitrogen and oxygen atoms in total. The third kappa shape index (κ3) is 4.16. The summed E-state index contributed by atoms with van der Waals surface area (Å²) in [5.41, 5.74) is 0. The molecule has 23 heavy (non-hydrogen) atoms. The van der Waals surface area contributed by atoms with Crippen molar-refractivity contribution in [2.75, 3.05) is 13.7 Å². The van der Waals surface area contributed by atoms with Gasteiger partial charge >= 0.3 is 0 Å². The Kier molecular flexibility index (Phi) is 4.76. The van der Waals surface area contributed by atoms with E-state index in [0.29, 0.717) is 24.1 Å². The van der Waals surface area contributed by atoms with Crippen LogP contribution >= 0.6 is 15.9 Å². The van der Waals surface area contributed by atoms with Gasteiger partial charge < -0.3 is 14.1 Å². The van der Waals surface area contributed by atoms with Crippen molar-refractivity contribution in [2.45, 2.75) is 25.8 Å². The summed E-state index contributed by atoms with van der Waals surface area (Å²) in [6.45, 7) is 2.71. The molecule has 1 aromatic heterocycles. The van der Waals surface area contributed by atoms with Gasteiger partial charge in [-0.2, -0.15) is 0 Å². The van der Waals surface area contributed by atoms with Crippen LogP contribution in [0.3, 0.4) is 0 Å². The monoisotopic (exact) mass is 377 g/mol. The van der Waals surface area contributed by atoms with Gasteiger partial charge in [-0.05, 0) is 48.7 Å². The molecule has 0 unspecified atom stereocenters. The maximum atomic E-state index is 12.1. The minimum absolute atomic E-state index is 0.0192. The van der Waals surface area contributed by atoms with Crippen LogP contribution in [0.4, 0.5) is 0 Å². The van der Waals surface area contributed by atoms with E-state index < -0.39 is 0 Å². The Balaban J connectivity index is 1.49. The normalized spacial score (nSPS) is 19.4. The number of ether oxygens (including phenoxy) is 1. The molecule has 0 bridgehead atoms. The predicted molar refractivity (Wildman–Crippen MR) is 91.3 cm³/mol. The Hall–Kier alpha value is -1.75. The van der Waals surface area contributed by atoms with E-state index in [0.717, 1.165) is 16.0 Å². The molecule has 1 fully saturated rings. The lowest BCUT2D eigenvalue weighted by atomic mass is 10.3. The van der Waals surface area contributed by atoms with Crippen molar-refractivity contribution < 1.29 is 13.9 Å². The molecule has 1 heterocycles. The first-order chi connectivity index (χ1) is 11.0. The molecule has 1 aromatic carbocycles. The number of halogens is 1. The van der Waals surface area contributed by atoms with Crippen LogP contribution in [0.25, 0.3) is 0 Å². The third-order valence-electron chi connectivity index (χ3n) is 4.15. The second-order valence-electron chi connectivity index (χ2n) is 6.12. The lowest BCUT2D eigenvalue weighted by molar-refractivity contribution is -0.132. The van der Waals surface area contributed by atoms with Gasteiger partial charge in [0.1, 0.15) is 17.3 Å². The number of rotatable bonds is 6. The first kappa shape index (κ1) is 16.1. The van der Waals surface area contributed by atoms with Gasteiger partial charge in [-0.3, -0.25) is 4.79 Å². The Bertz CT molecular complexity index is 680. The number of likely N-dealkylation sites (N-methyl/N-ethyl adjacent to an activating group) is 1. The molecule has 2 atom stereocenters. The van der Waals surface area contributed by atoms with Crippen LogP contribution in [0, 0.1) is 5.92 Å². The highest BCUT2D eigenvalue weighted by molar-refractivity contribution is 9.10. The number of hydrogen-bond donors (Lipinski definition) is 0. The van der Waals surface area contributed by atoms with Crippen LogP contribution < -0.4 is 4.74 Å². The molecular formula is C18H20BrNO3. The van der Waals surface area contributed by atoms with Gasteiger partial charge in [0.25, 0.3) is 5.91 Å². The topological polar surface area (TPSA) is 42.7 Å². The fourth-order valence-corrected chi connectivity index (χ4v) is 2.77. The van der Waals surface area contributed by atoms with Crippen molar-refractivity contribution in [3.05, 3.63) is 52.4 Å². The summed E-state index contributed by atoms with van der Waals surface area (Å²) < 4.78 is 12.3. The van der Waals surface area contributed by atoms with Crippen molar-refractivity contribution in [3.63, 3.8) is 0 Å². The SMILES string of the molecule is C[C@@H]1C[C@H]1c1ccc(CN(C)C(=O)COc2ccc(Br)cc2)o1. The minimum Gasteiger partial charge on any atom is -0.484 e. The number of benzene rings is 1. The van der Waals surface area contributed by atoms with Gasteiger partial charge in [-0.1, -0.05) is 22.9 Å². The molecular weight excluding hydrogens is 358 g/mol. The van der Waals surface area contributed by atoms with Crippen molar-refractivity contribution in [2.24, 2.45) is 5.92 Å². The smallest absolute Gasteiger partial charge is 0.260 e. The van der Waals surface area contributed by atoms with E-state index in [4.69, 9.17) is 9.15 Å². The van der Waals surface area contributed by atoms with E-state index in [9.17, 15) is 4.79 Å². The van der Waals surface area contributed by atoms with E-state index in [1.165, 1.54) is 6.42 Å². The fraction of sp³-hybridized carbons (Fsp3) is 0.389. The molecule has 122 valence electrons. The fourth-order valence-electron chi connectivity index (χ4n) is 2.51. The Morgan fingerprint density at radius 2 is 2.00 bits per heavy atom. The van der Waals surface area contributed by atoms with E-state index in [1.807, 2.05) is 36.4 Å². The predicted octanol–water partition coefficient (Wildman–Crippen LogP) is 4.20. The molecule has 0 aliphatic heterocycles. The zero-order valence-electron chi connectivity index (χ0n) is 13.3.